The number of ketones is 1. The number of carbonyl (C=O) groups is 1. The lowest BCUT2D eigenvalue weighted by atomic mass is 9.91. The smallest absolute Gasteiger partial charge is 0.193 e. The van der Waals surface area contributed by atoms with E-state index in [1.807, 2.05) is 0 Å². The zero-order chi connectivity index (χ0) is 16.8. The molecule has 0 aromatic carbocycles. The fourth-order valence-electron chi connectivity index (χ4n) is 2.21. The van der Waals surface area contributed by atoms with Crippen LogP contribution in [0.5, 0.6) is 0 Å². The Morgan fingerprint density at radius 1 is 1.27 bits per heavy atom. The summed E-state index contributed by atoms with van der Waals surface area (Å²) in [6, 6.07) is 0. The van der Waals surface area contributed by atoms with Crippen LogP contribution < -0.4 is 0 Å². The van der Waals surface area contributed by atoms with E-state index in [1.54, 1.807) is 7.11 Å². The molecule has 1 aliphatic carbocycles. The lowest BCUT2D eigenvalue weighted by Crippen LogP contribution is -2.47. The Balaban J connectivity index is 2.57. The van der Waals surface area contributed by atoms with Gasteiger partial charge in [0.05, 0.1) is 6.61 Å². The highest BCUT2D eigenvalue weighted by Crippen LogP contribution is 2.39. The van der Waals surface area contributed by atoms with E-state index < -0.39 is 8.32 Å². The van der Waals surface area contributed by atoms with Crippen LogP contribution in [0.4, 0.5) is 0 Å². The number of methoxy groups -OCH3 is 1. The van der Waals surface area contributed by atoms with Crippen molar-refractivity contribution in [3.8, 4) is 0 Å². The largest absolute Gasteiger partial charge is 0.407 e. The molecule has 1 rings (SSSR count). The molecular weight excluding hydrogens is 296 g/mol. The molecule has 0 N–H and O–H groups in total. The van der Waals surface area contributed by atoms with Crippen molar-refractivity contribution in [3.05, 3.63) is 11.6 Å². The summed E-state index contributed by atoms with van der Waals surface area (Å²) in [6.07, 6.45) is 5.02. The summed E-state index contributed by atoms with van der Waals surface area (Å²) < 4.78 is 16.5. The second kappa shape index (κ2) is 8.38. The Kier molecular flexibility index (Phi) is 7.45. The predicted octanol–water partition coefficient (Wildman–Crippen LogP) is 4.07. The van der Waals surface area contributed by atoms with E-state index in [0.717, 1.165) is 19.3 Å². The summed E-state index contributed by atoms with van der Waals surface area (Å²) in [6.45, 7) is 12.0. The zero-order valence-corrected chi connectivity index (χ0v) is 16.0. The van der Waals surface area contributed by atoms with Crippen molar-refractivity contribution in [1.29, 1.82) is 0 Å². The second-order valence-electron chi connectivity index (χ2n) is 7.50. The van der Waals surface area contributed by atoms with Crippen LogP contribution in [0.15, 0.2) is 11.6 Å². The SMILES string of the molecule is COCOCCC=C1CCC(=O)C(O[Si](C)(C)C(C)(C)C)C1. The number of carbonyl (C=O) groups excluding carboxylic acids is 1. The third-order valence-corrected chi connectivity index (χ3v) is 9.12. The highest BCUT2D eigenvalue weighted by atomic mass is 28.4. The van der Waals surface area contributed by atoms with Crippen LogP contribution in [0.2, 0.25) is 18.1 Å². The predicted molar refractivity (Wildman–Crippen MR) is 91.5 cm³/mol. The molecule has 0 bridgehead atoms. The van der Waals surface area contributed by atoms with Gasteiger partial charge in [-0.25, -0.2) is 0 Å². The lowest BCUT2D eigenvalue weighted by molar-refractivity contribution is -0.127. The topological polar surface area (TPSA) is 44.8 Å². The highest BCUT2D eigenvalue weighted by Gasteiger charge is 2.41. The van der Waals surface area contributed by atoms with Crippen LogP contribution in [0.1, 0.15) is 46.5 Å². The minimum Gasteiger partial charge on any atom is -0.407 e. The quantitative estimate of drug-likeness (QED) is 0.306. The van der Waals surface area contributed by atoms with Crippen LogP contribution in [0.25, 0.3) is 0 Å². The van der Waals surface area contributed by atoms with Crippen molar-refractivity contribution < 1.29 is 18.7 Å². The van der Waals surface area contributed by atoms with E-state index in [4.69, 9.17) is 13.9 Å². The first-order valence-corrected chi connectivity index (χ1v) is 11.0. The Morgan fingerprint density at radius 3 is 2.55 bits per heavy atom. The minimum atomic E-state index is -1.90. The van der Waals surface area contributed by atoms with Gasteiger partial charge in [-0.05, 0) is 31.0 Å². The van der Waals surface area contributed by atoms with Gasteiger partial charge in [-0.3, -0.25) is 4.79 Å². The van der Waals surface area contributed by atoms with Crippen LogP contribution in [-0.4, -0.2) is 40.7 Å². The Morgan fingerprint density at radius 2 is 1.95 bits per heavy atom. The van der Waals surface area contributed by atoms with Crippen molar-refractivity contribution in [3.63, 3.8) is 0 Å². The van der Waals surface area contributed by atoms with Gasteiger partial charge in [-0.15, -0.1) is 0 Å². The first-order valence-electron chi connectivity index (χ1n) is 8.12. The van der Waals surface area contributed by atoms with E-state index in [-0.39, 0.29) is 16.9 Å². The molecule has 0 aromatic rings. The number of hydrogen-bond acceptors (Lipinski definition) is 4. The summed E-state index contributed by atoms with van der Waals surface area (Å²) in [5, 5.41) is 0.128. The molecule has 128 valence electrons. The molecule has 1 fully saturated rings. The maximum Gasteiger partial charge on any atom is 0.193 e. The van der Waals surface area contributed by atoms with E-state index in [1.165, 1.54) is 5.57 Å². The van der Waals surface area contributed by atoms with E-state index >= 15 is 0 Å². The Labute approximate surface area is 136 Å². The number of Topliss-reactive ketones (excluding diaryl/α,β-unsaturated/α-hetero) is 1. The average molecular weight is 329 g/mol. The van der Waals surface area contributed by atoms with Gasteiger partial charge in [-0.2, -0.15) is 0 Å². The monoisotopic (exact) mass is 328 g/mol. The van der Waals surface area contributed by atoms with Crippen molar-refractivity contribution >= 4 is 14.1 Å². The summed E-state index contributed by atoms with van der Waals surface area (Å²) in [7, 11) is -0.283. The maximum atomic E-state index is 12.2. The molecule has 0 saturated heterocycles. The third kappa shape index (κ3) is 5.95. The van der Waals surface area contributed by atoms with Gasteiger partial charge in [0.15, 0.2) is 14.1 Å². The Bertz CT molecular complexity index is 396. The van der Waals surface area contributed by atoms with Gasteiger partial charge in [0, 0.05) is 20.0 Å². The molecule has 0 aromatic heterocycles. The molecule has 1 saturated carbocycles. The highest BCUT2D eigenvalue weighted by molar-refractivity contribution is 6.74. The van der Waals surface area contributed by atoms with Crippen LogP contribution in [-0.2, 0) is 18.7 Å². The second-order valence-corrected chi connectivity index (χ2v) is 12.3. The molecule has 22 heavy (non-hydrogen) atoms. The first-order chi connectivity index (χ1) is 10.2. The number of ether oxygens (including phenoxy) is 2. The molecule has 1 unspecified atom stereocenters. The molecule has 4 nitrogen and oxygen atoms in total. The molecule has 0 spiro atoms. The third-order valence-electron chi connectivity index (χ3n) is 4.64. The van der Waals surface area contributed by atoms with Gasteiger partial charge < -0.3 is 13.9 Å². The molecule has 5 heteroatoms. The molecule has 0 radical (unpaired) electrons. The fraction of sp³-hybridized carbons (Fsp3) is 0.824. The van der Waals surface area contributed by atoms with Crippen LogP contribution in [0.3, 0.4) is 0 Å². The average Bonchev–Trinajstić information content (AvgIpc) is 2.40. The normalized spacial score (nSPS) is 22.4. The number of rotatable bonds is 7. The molecular formula is C17H32O4Si. The van der Waals surface area contributed by atoms with E-state index in [9.17, 15) is 4.79 Å². The van der Waals surface area contributed by atoms with Crippen molar-refractivity contribution in [2.75, 3.05) is 20.5 Å². The summed E-state index contributed by atoms with van der Waals surface area (Å²) in [4.78, 5) is 12.2. The summed E-state index contributed by atoms with van der Waals surface area (Å²) in [5.74, 6) is 0.262. The van der Waals surface area contributed by atoms with Gasteiger partial charge in [-0.1, -0.05) is 32.4 Å². The summed E-state index contributed by atoms with van der Waals surface area (Å²) >= 11 is 0. The first kappa shape index (κ1) is 19.6. The molecule has 1 atom stereocenters. The van der Waals surface area contributed by atoms with E-state index in [0.29, 0.717) is 19.8 Å². The van der Waals surface area contributed by atoms with Gasteiger partial charge in [0.1, 0.15) is 12.9 Å². The van der Waals surface area contributed by atoms with Crippen LogP contribution >= 0.6 is 0 Å². The van der Waals surface area contributed by atoms with Gasteiger partial charge >= 0.3 is 0 Å². The molecule has 1 aliphatic rings. The molecule has 0 amide bonds. The van der Waals surface area contributed by atoms with E-state index in [2.05, 4.69) is 39.9 Å². The van der Waals surface area contributed by atoms with Gasteiger partial charge in [0.2, 0.25) is 0 Å². The number of hydrogen-bond donors (Lipinski definition) is 0. The van der Waals surface area contributed by atoms with Crippen molar-refractivity contribution in [2.24, 2.45) is 0 Å². The molecule has 0 aliphatic heterocycles. The lowest BCUT2D eigenvalue weighted by Gasteiger charge is -2.40. The zero-order valence-electron chi connectivity index (χ0n) is 15.0. The Hall–Kier alpha value is -0.493. The fourth-order valence-corrected chi connectivity index (χ4v) is 3.49. The van der Waals surface area contributed by atoms with Crippen LogP contribution in [0, 0.1) is 0 Å². The van der Waals surface area contributed by atoms with Crippen molar-refractivity contribution in [2.45, 2.75) is 70.7 Å². The van der Waals surface area contributed by atoms with Crippen molar-refractivity contribution in [1.82, 2.24) is 0 Å². The van der Waals surface area contributed by atoms with Gasteiger partial charge in [0.25, 0.3) is 0 Å². The standard InChI is InChI=1S/C17H32O4Si/c1-17(2,3)22(5,6)21-16-12-14(9-10-15(16)18)8-7-11-20-13-19-4/h8,16H,7,9-13H2,1-6H3. The maximum absolute atomic E-state index is 12.2. The molecule has 0 heterocycles. The summed E-state index contributed by atoms with van der Waals surface area (Å²) in [5.41, 5.74) is 1.32. The minimum absolute atomic E-state index is 0.128.